The van der Waals surface area contributed by atoms with Crippen LogP contribution >= 0.6 is 0 Å². The first-order chi connectivity index (χ1) is 9.75. The molecule has 1 aliphatic rings. The van der Waals surface area contributed by atoms with Crippen LogP contribution < -0.4 is 5.32 Å². The Labute approximate surface area is 124 Å². The van der Waals surface area contributed by atoms with E-state index >= 15 is 0 Å². The molecule has 116 valence electrons. The molecule has 0 spiro atoms. The number of sulfonamides is 1. The molecule has 0 bridgehead atoms. The number of rotatable bonds is 4. The minimum atomic E-state index is -3.89. The topological polar surface area (TPSA) is 92.5 Å². The fourth-order valence-electron chi connectivity index (χ4n) is 2.42. The summed E-state index contributed by atoms with van der Waals surface area (Å²) in [5, 5.41) is 14.3. The van der Waals surface area contributed by atoms with E-state index < -0.39 is 14.9 Å². The Kier molecular flexibility index (Phi) is 4.31. The Bertz CT molecular complexity index is 666. The summed E-state index contributed by atoms with van der Waals surface area (Å²) in [5.41, 5.74) is 1.05. The Hall–Kier alpha value is -1.51. The Morgan fingerprint density at radius 1 is 1.33 bits per heavy atom. The lowest BCUT2D eigenvalue weighted by molar-refractivity contribution is -0.387. The van der Waals surface area contributed by atoms with Crippen LogP contribution in [0.25, 0.3) is 0 Å². The van der Waals surface area contributed by atoms with Crippen molar-refractivity contribution in [1.29, 1.82) is 0 Å². The maximum atomic E-state index is 12.7. The Morgan fingerprint density at radius 3 is 2.48 bits per heavy atom. The maximum absolute atomic E-state index is 12.7. The zero-order valence-corrected chi connectivity index (χ0v) is 13.1. The summed E-state index contributed by atoms with van der Waals surface area (Å²) in [7, 11) is -2.41. The molecule has 1 unspecified atom stereocenters. The van der Waals surface area contributed by atoms with Gasteiger partial charge >= 0.3 is 0 Å². The van der Waals surface area contributed by atoms with Gasteiger partial charge in [-0.05, 0) is 44.0 Å². The van der Waals surface area contributed by atoms with Crippen molar-refractivity contribution in [2.45, 2.75) is 31.2 Å². The highest BCUT2D eigenvalue weighted by atomic mass is 32.2. The minimum absolute atomic E-state index is 0.170. The fraction of sp³-hybridized carbons (Fsp3) is 0.538. The van der Waals surface area contributed by atoms with Gasteiger partial charge in [0.05, 0.1) is 4.92 Å². The Morgan fingerprint density at radius 2 is 1.95 bits per heavy atom. The second-order valence-electron chi connectivity index (χ2n) is 5.33. The summed E-state index contributed by atoms with van der Waals surface area (Å²) in [6.45, 7) is 4.78. The predicted molar refractivity (Wildman–Crippen MR) is 78.8 cm³/mol. The van der Waals surface area contributed by atoms with E-state index in [4.69, 9.17) is 0 Å². The van der Waals surface area contributed by atoms with Crippen LogP contribution in [-0.2, 0) is 10.0 Å². The van der Waals surface area contributed by atoms with Gasteiger partial charge < -0.3 is 5.32 Å². The first kappa shape index (κ1) is 15.9. The zero-order valence-electron chi connectivity index (χ0n) is 12.3. The number of hydrogen-bond acceptors (Lipinski definition) is 5. The van der Waals surface area contributed by atoms with E-state index in [2.05, 4.69) is 5.32 Å². The standard InChI is InChI=1S/C13H19N3O4S/c1-9-6-12(16(17)18)13(7-10(9)2)21(19,20)15(3)11-4-5-14-8-11/h6-7,11,14H,4-5,8H2,1-3H3. The second kappa shape index (κ2) is 5.70. The number of likely N-dealkylation sites (N-methyl/N-ethyl adjacent to an activating group) is 1. The van der Waals surface area contributed by atoms with Crippen molar-refractivity contribution in [3.8, 4) is 0 Å². The molecule has 1 saturated heterocycles. The normalized spacial score (nSPS) is 19.1. The van der Waals surface area contributed by atoms with Gasteiger partial charge in [0.25, 0.3) is 5.69 Å². The van der Waals surface area contributed by atoms with E-state index in [-0.39, 0.29) is 16.6 Å². The molecule has 1 N–H and O–H groups in total. The van der Waals surface area contributed by atoms with Crippen LogP contribution in [0.4, 0.5) is 5.69 Å². The van der Waals surface area contributed by atoms with E-state index in [9.17, 15) is 18.5 Å². The molecule has 1 atom stereocenters. The first-order valence-electron chi connectivity index (χ1n) is 6.69. The third-order valence-corrected chi connectivity index (χ3v) is 5.92. The van der Waals surface area contributed by atoms with Crippen molar-refractivity contribution in [1.82, 2.24) is 9.62 Å². The Balaban J connectivity index is 2.53. The van der Waals surface area contributed by atoms with Crippen LogP contribution in [0.1, 0.15) is 17.5 Å². The van der Waals surface area contributed by atoms with Crippen LogP contribution in [0, 0.1) is 24.0 Å². The van der Waals surface area contributed by atoms with Crippen molar-refractivity contribution in [3.05, 3.63) is 33.4 Å². The lowest BCUT2D eigenvalue weighted by atomic mass is 10.1. The molecule has 1 aliphatic heterocycles. The van der Waals surface area contributed by atoms with Crippen LogP contribution in [0.2, 0.25) is 0 Å². The number of nitrogens with zero attached hydrogens (tertiary/aromatic N) is 2. The lowest BCUT2D eigenvalue weighted by Gasteiger charge is -2.23. The number of benzene rings is 1. The van der Waals surface area contributed by atoms with E-state index in [1.807, 2.05) is 0 Å². The van der Waals surface area contributed by atoms with Gasteiger partial charge in [-0.1, -0.05) is 0 Å². The van der Waals surface area contributed by atoms with Crippen LogP contribution in [0.3, 0.4) is 0 Å². The van der Waals surface area contributed by atoms with Gasteiger partial charge in [0.15, 0.2) is 4.90 Å². The monoisotopic (exact) mass is 313 g/mol. The first-order valence-corrected chi connectivity index (χ1v) is 8.13. The van der Waals surface area contributed by atoms with E-state index in [0.29, 0.717) is 18.5 Å². The van der Waals surface area contributed by atoms with Crippen LogP contribution in [-0.4, -0.2) is 43.8 Å². The molecule has 0 aromatic heterocycles. The van der Waals surface area contributed by atoms with E-state index in [0.717, 1.165) is 12.1 Å². The number of hydrogen-bond donors (Lipinski definition) is 1. The van der Waals surface area contributed by atoms with Gasteiger partial charge in [0.1, 0.15) is 0 Å². The predicted octanol–water partition coefficient (Wildman–Crippen LogP) is 1.19. The smallest absolute Gasteiger partial charge is 0.289 e. The molecule has 1 aromatic rings. The number of nitrogens with one attached hydrogen (secondary N) is 1. The molecule has 7 nitrogen and oxygen atoms in total. The average Bonchev–Trinajstić information content (AvgIpc) is 2.93. The fourth-order valence-corrected chi connectivity index (χ4v) is 4.03. The average molecular weight is 313 g/mol. The zero-order chi connectivity index (χ0) is 15.8. The lowest BCUT2D eigenvalue weighted by Crippen LogP contribution is -2.38. The van der Waals surface area contributed by atoms with Gasteiger partial charge in [-0.25, -0.2) is 8.42 Å². The van der Waals surface area contributed by atoms with Crippen molar-refractivity contribution in [2.75, 3.05) is 20.1 Å². The third-order valence-electron chi connectivity index (χ3n) is 3.98. The van der Waals surface area contributed by atoms with Gasteiger partial charge in [-0.3, -0.25) is 10.1 Å². The van der Waals surface area contributed by atoms with Crippen LogP contribution in [0.15, 0.2) is 17.0 Å². The largest absolute Gasteiger partial charge is 0.315 e. The maximum Gasteiger partial charge on any atom is 0.289 e. The molecular weight excluding hydrogens is 294 g/mol. The molecule has 0 amide bonds. The number of aryl methyl sites for hydroxylation is 2. The third kappa shape index (κ3) is 2.92. The van der Waals surface area contributed by atoms with Gasteiger partial charge in [-0.2, -0.15) is 4.31 Å². The number of nitro groups is 1. The molecule has 0 saturated carbocycles. The quantitative estimate of drug-likeness (QED) is 0.666. The molecule has 0 radical (unpaired) electrons. The second-order valence-corrected chi connectivity index (χ2v) is 7.30. The summed E-state index contributed by atoms with van der Waals surface area (Å²) in [5.74, 6) is 0. The summed E-state index contributed by atoms with van der Waals surface area (Å²) < 4.78 is 26.6. The van der Waals surface area contributed by atoms with Gasteiger partial charge in [0, 0.05) is 25.7 Å². The summed E-state index contributed by atoms with van der Waals surface area (Å²) in [6, 6.07) is 2.54. The van der Waals surface area contributed by atoms with Gasteiger partial charge in [-0.15, -0.1) is 0 Å². The van der Waals surface area contributed by atoms with Crippen molar-refractivity contribution < 1.29 is 13.3 Å². The minimum Gasteiger partial charge on any atom is -0.315 e. The molecule has 8 heteroatoms. The summed E-state index contributed by atoms with van der Waals surface area (Å²) in [6.07, 6.45) is 0.703. The highest BCUT2D eigenvalue weighted by Crippen LogP contribution is 2.30. The van der Waals surface area contributed by atoms with Crippen molar-refractivity contribution in [3.63, 3.8) is 0 Å². The van der Waals surface area contributed by atoms with Crippen LogP contribution in [0.5, 0.6) is 0 Å². The molecule has 1 fully saturated rings. The highest BCUT2D eigenvalue weighted by molar-refractivity contribution is 7.89. The molecular formula is C13H19N3O4S. The van der Waals surface area contributed by atoms with E-state index in [1.54, 1.807) is 13.8 Å². The molecule has 1 heterocycles. The van der Waals surface area contributed by atoms with Crippen molar-refractivity contribution in [2.24, 2.45) is 0 Å². The molecule has 0 aliphatic carbocycles. The SMILES string of the molecule is Cc1cc([N+](=O)[O-])c(S(=O)(=O)N(C)C2CCNC2)cc1C. The highest BCUT2D eigenvalue weighted by Gasteiger charge is 2.35. The number of nitro benzene ring substituents is 1. The van der Waals surface area contributed by atoms with Gasteiger partial charge in [0.2, 0.25) is 10.0 Å². The summed E-state index contributed by atoms with van der Waals surface area (Å²) in [4.78, 5) is 10.3. The molecule has 2 rings (SSSR count). The van der Waals surface area contributed by atoms with Crippen molar-refractivity contribution >= 4 is 15.7 Å². The van der Waals surface area contributed by atoms with E-state index in [1.165, 1.54) is 23.5 Å². The molecule has 1 aromatic carbocycles. The summed E-state index contributed by atoms with van der Waals surface area (Å²) >= 11 is 0. The molecule has 21 heavy (non-hydrogen) atoms.